The first kappa shape index (κ1) is 16.1. The van der Waals surface area contributed by atoms with Crippen LogP contribution in [0.4, 0.5) is 4.39 Å². The minimum atomic E-state index is -3.88. The van der Waals surface area contributed by atoms with Gasteiger partial charge in [0.25, 0.3) is 0 Å². The number of benzene rings is 1. The Morgan fingerprint density at radius 1 is 1.32 bits per heavy atom. The lowest BCUT2D eigenvalue weighted by molar-refractivity contribution is 0.281. The Labute approximate surface area is 113 Å². The zero-order valence-electron chi connectivity index (χ0n) is 11.4. The molecular formula is C13H20FNO3S. The molecule has 19 heavy (non-hydrogen) atoms. The number of sulfonamides is 1. The molecule has 1 rings (SSSR count). The van der Waals surface area contributed by atoms with Crippen molar-refractivity contribution in [3.8, 4) is 0 Å². The Kier molecular flexibility index (Phi) is 5.06. The van der Waals surface area contributed by atoms with Crippen molar-refractivity contribution >= 4 is 10.0 Å². The van der Waals surface area contributed by atoms with E-state index in [1.165, 1.54) is 6.07 Å². The molecule has 0 bridgehead atoms. The summed E-state index contributed by atoms with van der Waals surface area (Å²) in [5, 5.41) is 8.96. The molecular weight excluding hydrogens is 269 g/mol. The van der Waals surface area contributed by atoms with E-state index in [-0.39, 0.29) is 18.6 Å². The van der Waals surface area contributed by atoms with Crippen LogP contribution in [0.1, 0.15) is 32.8 Å². The molecule has 0 amide bonds. The Morgan fingerprint density at radius 3 is 2.47 bits per heavy atom. The number of halogens is 1. The normalized spacial score (nSPS) is 12.7. The van der Waals surface area contributed by atoms with Crippen LogP contribution in [0.3, 0.4) is 0 Å². The summed E-state index contributed by atoms with van der Waals surface area (Å²) in [6, 6.07) is 3.54. The molecule has 1 aromatic rings. The maximum atomic E-state index is 13.6. The summed E-state index contributed by atoms with van der Waals surface area (Å²) >= 11 is 0. The van der Waals surface area contributed by atoms with Gasteiger partial charge in [-0.05, 0) is 29.5 Å². The van der Waals surface area contributed by atoms with Crippen molar-refractivity contribution in [2.45, 2.75) is 38.7 Å². The maximum Gasteiger partial charge on any atom is 0.243 e. The van der Waals surface area contributed by atoms with E-state index in [1.54, 1.807) is 0 Å². The van der Waals surface area contributed by atoms with Crippen molar-refractivity contribution in [2.24, 2.45) is 5.41 Å². The molecule has 108 valence electrons. The SMILES string of the molecule is CC(C)(C)CCNS(=O)(=O)c1cc(CO)ccc1F. The van der Waals surface area contributed by atoms with E-state index in [2.05, 4.69) is 4.72 Å². The number of hydrogen-bond donors (Lipinski definition) is 2. The van der Waals surface area contributed by atoms with Crippen molar-refractivity contribution in [3.63, 3.8) is 0 Å². The lowest BCUT2D eigenvalue weighted by atomic mass is 9.93. The summed E-state index contributed by atoms with van der Waals surface area (Å²) in [4.78, 5) is -0.423. The molecule has 0 fully saturated rings. The van der Waals surface area contributed by atoms with Gasteiger partial charge >= 0.3 is 0 Å². The molecule has 6 heteroatoms. The highest BCUT2D eigenvalue weighted by Crippen LogP contribution is 2.19. The summed E-state index contributed by atoms with van der Waals surface area (Å²) in [6.45, 7) is 5.90. The fraction of sp³-hybridized carbons (Fsp3) is 0.538. The average molecular weight is 289 g/mol. The molecule has 0 heterocycles. The van der Waals surface area contributed by atoms with Crippen LogP contribution in [0.2, 0.25) is 0 Å². The fourth-order valence-corrected chi connectivity index (χ4v) is 2.65. The molecule has 1 aromatic carbocycles. The molecule has 0 unspecified atom stereocenters. The fourth-order valence-electron chi connectivity index (χ4n) is 1.49. The van der Waals surface area contributed by atoms with Gasteiger partial charge in [0.05, 0.1) is 6.61 Å². The highest BCUT2D eigenvalue weighted by atomic mass is 32.2. The van der Waals surface area contributed by atoms with Gasteiger partial charge in [0.2, 0.25) is 10.0 Å². The van der Waals surface area contributed by atoms with Crippen molar-refractivity contribution in [3.05, 3.63) is 29.6 Å². The molecule has 2 N–H and O–H groups in total. The van der Waals surface area contributed by atoms with Crippen LogP contribution in [0.15, 0.2) is 23.1 Å². The monoisotopic (exact) mass is 289 g/mol. The highest BCUT2D eigenvalue weighted by Gasteiger charge is 2.20. The average Bonchev–Trinajstić information content (AvgIpc) is 2.27. The van der Waals surface area contributed by atoms with Gasteiger partial charge in [-0.15, -0.1) is 0 Å². The van der Waals surface area contributed by atoms with Gasteiger partial charge < -0.3 is 5.11 Å². The molecule has 0 aliphatic heterocycles. The maximum absolute atomic E-state index is 13.6. The van der Waals surface area contributed by atoms with Crippen molar-refractivity contribution in [1.82, 2.24) is 4.72 Å². The molecule has 0 aliphatic rings. The van der Waals surface area contributed by atoms with E-state index >= 15 is 0 Å². The first-order valence-electron chi connectivity index (χ1n) is 6.05. The van der Waals surface area contributed by atoms with E-state index < -0.39 is 20.7 Å². The Hall–Kier alpha value is -0.980. The molecule has 4 nitrogen and oxygen atoms in total. The van der Waals surface area contributed by atoms with Gasteiger partial charge in [-0.1, -0.05) is 26.8 Å². The number of rotatable bonds is 5. The largest absolute Gasteiger partial charge is 0.392 e. The minimum absolute atomic E-state index is 0.00594. The van der Waals surface area contributed by atoms with Gasteiger partial charge in [0.15, 0.2) is 0 Å². The van der Waals surface area contributed by atoms with Crippen LogP contribution < -0.4 is 4.72 Å². The van der Waals surface area contributed by atoms with E-state index in [4.69, 9.17) is 5.11 Å². The van der Waals surface area contributed by atoms with Gasteiger partial charge in [-0.2, -0.15) is 0 Å². The van der Waals surface area contributed by atoms with Crippen LogP contribution in [0.5, 0.6) is 0 Å². The predicted molar refractivity (Wildman–Crippen MR) is 71.6 cm³/mol. The summed E-state index contributed by atoms with van der Waals surface area (Å²) in [5.41, 5.74) is 0.353. The van der Waals surface area contributed by atoms with Crippen LogP contribution >= 0.6 is 0 Å². The van der Waals surface area contributed by atoms with Gasteiger partial charge in [-0.25, -0.2) is 17.5 Å². The standard InChI is InChI=1S/C13H20FNO3S/c1-13(2,3)6-7-15-19(17,18)12-8-10(9-16)4-5-11(12)14/h4-5,8,15-16H,6-7,9H2,1-3H3. The first-order valence-corrected chi connectivity index (χ1v) is 7.53. The Morgan fingerprint density at radius 2 is 1.95 bits per heavy atom. The minimum Gasteiger partial charge on any atom is -0.392 e. The smallest absolute Gasteiger partial charge is 0.243 e. The second kappa shape index (κ2) is 5.98. The molecule has 0 atom stereocenters. The van der Waals surface area contributed by atoms with E-state index in [1.807, 2.05) is 20.8 Å². The van der Waals surface area contributed by atoms with Crippen LogP contribution in [0, 0.1) is 11.2 Å². The first-order chi connectivity index (χ1) is 8.65. The Bertz CT molecular complexity index is 535. The number of hydrogen-bond acceptors (Lipinski definition) is 3. The zero-order chi connectivity index (χ0) is 14.7. The molecule has 0 aromatic heterocycles. The third-order valence-corrected chi connectivity index (χ3v) is 4.11. The molecule has 0 spiro atoms. The van der Waals surface area contributed by atoms with Gasteiger partial charge in [0.1, 0.15) is 10.7 Å². The number of nitrogens with one attached hydrogen (secondary N) is 1. The van der Waals surface area contributed by atoms with Crippen molar-refractivity contribution in [1.29, 1.82) is 0 Å². The topological polar surface area (TPSA) is 66.4 Å². The predicted octanol–water partition coefficient (Wildman–Crippen LogP) is 2.03. The van der Waals surface area contributed by atoms with E-state index in [9.17, 15) is 12.8 Å². The van der Waals surface area contributed by atoms with Crippen LogP contribution in [-0.4, -0.2) is 20.1 Å². The lowest BCUT2D eigenvalue weighted by Gasteiger charge is -2.18. The molecule has 0 aliphatic carbocycles. The van der Waals surface area contributed by atoms with Crippen molar-refractivity contribution in [2.75, 3.05) is 6.54 Å². The number of aliphatic hydroxyl groups is 1. The molecule has 0 saturated carbocycles. The highest BCUT2D eigenvalue weighted by molar-refractivity contribution is 7.89. The van der Waals surface area contributed by atoms with Gasteiger partial charge in [0, 0.05) is 6.54 Å². The van der Waals surface area contributed by atoms with Crippen molar-refractivity contribution < 1.29 is 17.9 Å². The van der Waals surface area contributed by atoms with E-state index in [0.29, 0.717) is 12.0 Å². The lowest BCUT2D eigenvalue weighted by Crippen LogP contribution is -2.28. The molecule has 0 saturated heterocycles. The van der Waals surface area contributed by atoms with Crippen LogP contribution in [-0.2, 0) is 16.6 Å². The van der Waals surface area contributed by atoms with Crippen LogP contribution in [0.25, 0.3) is 0 Å². The summed E-state index contributed by atoms with van der Waals surface area (Å²) in [5.74, 6) is -0.819. The summed E-state index contributed by atoms with van der Waals surface area (Å²) in [7, 11) is -3.88. The van der Waals surface area contributed by atoms with E-state index in [0.717, 1.165) is 12.1 Å². The molecule has 0 radical (unpaired) electrons. The third-order valence-electron chi connectivity index (χ3n) is 2.63. The summed E-state index contributed by atoms with van der Waals surface area (Å²) in [6.07, 6.45) is 0.646. The second-order valence-corrected chi connectivity index (χ2v) is 7.37. The second-order valence-electron chi connectivity index (χ2n) is 5.63. The zero-order valence-corrected chi connectivity index (χ0v) is 12.2. The summed E-state index contributed by atoms with van der Waals surface area (Å²) < 4.78 is 39.9. The third kappa shape index (κ3) is 4.89. The Balaban J connectivity index is 2.88. The number of aliphatic hydroxyl groups excluding tert-OH is 1. The van der Waals surface area contributed by atoms with Gasteiger partial charge in [-0.3, -0.25) is 0 Å². The quantitative estimate of drug-likeness (QED) is 0.871.